The van der Waals surface area contributed by atoms with E-state index in [1.54, 1.807) is 0 Å². The molecule has 124 valence electrons. The number of hydrogen-bond donors (Lipinski definition) is 1. The summed E-state index contributed by atoms with van der Waals surface area (Å²) in [5.74, 6) is 0. The van der Waals surface area contributed by atoms with E-state index in [9.17, 15) is 0 Å². The number of hydrogen-bond acceptors (Lipinski definition) is 2. The lowest BCUT2D eigenvalue weighted by Gasteiger charge is -2.15. The van der Waals surface area contributed by atoms with E-state index in [1.807, 2.05) is 0 Å². The Bertz CT molecular complexity index is 408. The molecule has 1 aromatic rings. The first-order valence-electron chi connectivity index (χ1n) is 8.88. The second-order valence-corrected chi connectivity index (χ2v) is 6.20. The van der Waals surface area contributed by atoms with Gasteiger partial charge in [0.1, 0.15) is 0 Å². The van der Waals surface area contributed by atoms with Gasteiger partial charge in [-0.2, -0.15) is 0 Å². The number of unbranched alkanes of at least 4 members (excludes halogenated alkanes) is 5. The smallest absolute Gasteiger partial charge is 0.0340 e. The summed E-state index contributed by atoms with van der Waals surface area (Å²) in [6, 6.07) is 8.77. The second kappa shape index (κ2) is 11.3. The minimum absolute atomic E-state index is 1.01. The summed E-state index contributed by atoms with van der Waals surface area (Å²) in [4.78, 5) is 2.31. The van der Waals surface area contributed by atoms with Crippen LogP contribution in [0.3, 0.4) is 0 Å². The minimum Gasteiger partial charge on any atom is -0.385 e. The van der Waals surface area contributed by atoms with Crippen LogP contribution in [0.1, 0.15) is 63.5 Å². The number of nitrogens with zero attached hydrogens (tertiary/aromatic N) is 1. The summed E-state index contributed by atoms with van der Waals surface area (Å²) in [5, 5.41) is 3.46. The van der Waals surface area contributed by atoms with Crippen LogP contribution in [0.4, 0.5) is 0 Å². The lowest BCUT2D eigenvalue weighted by molar-refractivity contribution is 0.346. The molecule has 0 unspecified atom stereocenters. The van der Waals surface area contributed by atoms with Crippen LogP contribution in [0.2, 0.25) is 0 Å². The standard InChI is InChI=1S/C20H34N2/c1-5-7-8-9-10-11-16-21-18(3)20-14-12-19(13-15-20)17-22(4)6-2/h12-15,21H,3,5-11,16-17H2,1-2,4H3. The Morgan fingerprint density at radius 3 is 2.27 bits per heavy atom. The van der Waals surface area contributed by atoms with Crippen LogP contribution in [-0.2, 0) is 6.54 Å². The third-order valence-corrected chi connectivity index (χ3v) is 4.16. The number of rotatable bonds is 12. The van der Waals surface area contributed by atoms with Crippen LogP contribution in [0.15, 0.2) is 30.8 Å². The molecule has 1 aromatic carbocycles. The van der Waals surface area contributed by atoms with Crippen molar-refractivity contribution in [3.05, 3.63) is 42.0 Å². The molecule has 1 rings (SSSR count). The Hall–Kier alpha value is -1.28. The highest BCUT2D eigenvalue weighted by Crippen LogP contribution is 2.13. The van der Waals surface area contributed by atoms with Crippen molar-refractivity contribution < 1.29 is 0 Å². The minimum atomic E-state index is 1.01. The third-order valence-electron chi connectivity index (χ3n) is 4.16. The van der Waals surface area contributed by atoms with Crippen LogP contribution in [0.25, 0.3) is 5.70 Å². The lowest BCUT2D eigenvalue weighted by Crippen LogP contribution is -2.16. The summed E-state index contributed by atoms with van der Waals surface area (Å²) < 4.78 is 0. The molecular weight excluding hydrogens is 268 g/mol. The van der Waals surface area contributed by atoms with Gasteiger partial charge in [-0.15, -0.1) is 0 Å². The normalized spacial score (nSPS) is 10.9. The molecule has 2 heteroatoms. The molecule has 0 heterocycles. The topological polar surface area (TPSA) is 15.3 Å². The van der Waals surface area contributed by atoms with Gasteiger partial charge in [-0.25, -0.2) is 0 Å². The molecule has 0 spiro atoms. The van der Waals surface area contributed by atoms with Crippen molar-refractivity contribution in [1.29, 1.82) is 0 Å². The first-order chi connectivity index (χ1) is 10.7. The fraction of sp³-hybridized carbons (Fsp3) is 0.600. The molecule has 0 aliphatic rings. The molecule has 2 nitrogen and oxygen atoms in total. The molecule has 0 amide bonds. The molecule has 1 N–H and O–H groups in total. The van der Waals surface area contributed by atoms with E-state index in [1.165, 1.54) is 49.7 Å². The fourth-order valence-electron chi connectivity index (χ4n) is 2.48. The molecule has 0 radical (unpaired) electrons. The summed E-state index contributed by atoms with van der Waals surface area (Å²) in [6.45, 7) is 11.7. The van der Waals surface area contributed by atoms with E-state index < -0.39 is 0 Å². The Morgan fingerprint density at radius 1 is 1.00 bits per heavy atom. The Balaban J connectivity index is 2.25. The average Bonchev–Trinajstić information content (AvgIpc) is 2.54. The van der Waals surface area contributed by atoms with Gasteiger partial charge in [0.2, 0.25) is 0 Å². The maximum atomic E-state index is 4.16. The Labute approximate surface area is 137 Å². The molecule has 22 heavy (non-hydrogen) atoms. The zero-order chi connectivity index (χ0) is 16.2. The fourth-order valence-corrected chi connectivity index (χ4v) is 2.48. The molecule has 0 aliphatic heterocycles. The van der Waals surface area contributed by atoms with Gasteiger partial charge < -0.3 is 10.2 Å². The van der Waals surface area contributed by atoms with Gasteiger partial charge in [-0.05, 0) is 31.1 Å². The van der Waals surface area contributed by atoms with Crippen molar-refractivity contribution in [1.82, 2.24) is 10.2 Å². The SMILES string of the molecule is C=C(NCCCCCCCC)c1ccc(CN(C)CC)cc1. The average molecular weight is 303 g/mol. The van der Waals surface area contributed by atoms with Crippen molar-refractivity contribution in [2.24, 2.45) is 0 Å². The highest BCUT2D eigenvalue weighted by atomic mass is 15.1. The third kappa shape index (κ3) is 7.65. The van der Waals surface area contributed by atoms with Crippen molar-refractivity contribution >= 4 is 5.70 Å². The maximum absolute atomic E-state index is 4.16. The summed E-state index contributed by atoms with van der Waals surface area (Å²) in [6.07, 6.45) is 8.00. The first-order valence-corrected chi connectivity index (χ1v) is 8.88. The van der Waals surface area contributed by atoms with Gasteiger partial charge in [-0.3, -0.25) is 0 Å². The van der Waals surface area contributed by atoms with Crippen molar-refractivity contribution in [2.45, 2.75) is 58.9 Å². The zero-order valence-corrected chi connectivity index (χ0v) is 14.8. The second-order valence-electron chi connectivity index (χ2n) is 6.20. The first kappa shape index (κ1) is 18.8. The molecule has 0 fully saturated rings. The summed E-state index contributed by atoms with van der Waals surface area (Å²) in [7, 11) is 2.15. The van der Waals surface area contributed by atoms with Crippen LogP contribution >= 0.6 is 0 Å². The predicted molar refractivity (Wildman–Crippen MR) is 98.9 cm³/mol. The van der Waals surface area contributed by atoms with Crippen LogP contribution in [-0.4, -0.2) is 25.0 Å². The van der Waals surface area contributed by atoms with E-state index in [0.717, 1.165) is 25.3 Å². The Morgan fingerprint density at radius 2 is 1.64 bits per heavy atom. The molecule has 0 atom stereocenters. The van der Waals surface area contributed by atoms with Crippen LogP contribution in [0, 0.1) is 0 Å². The van der Waals surface area contributed by atoms with Gasteiger partial charge in [0.15, 0.2) is 0 Å². The van der Waals surface area contributed by atoms with Gasteiger partial charge >= 0.3 is 0 Å². The summed E-state index contributed by atoms with van der Waals surface area (Å²) >= 11 is 0. The number of benzene rings is 1. The Kier molecular flexibility index (Phi) is 9.65. The van der Waals surface area contributed by atoms with Crippen LogP contribution < -0.4 is 5.32 Å². The van der Waals surface area contributed by atoms with E-state index in [4.69, 9.17) is 0 Å². The molecule has 0 saturated carbocycles. The highest BCUT2D eigenvalue weighted by molar-refractivity contribution is 5.61. The van der Waals surface area contributed by atoms with Gasteiger partial charge in [0.25, 0.3) is 0 Å². The van der Waals surface area contributed by atoms with Gasteiger partial charge in [-0.1, -0.05) is 76.8 Å². The zero-order valence-electron chi connectivity index (χ0n) is 14.8. The van der Waals surface area contributed by atoms with E-state index in [2.05, 4.69) is 62.0 Å². The quantitative estimate of drug-likeness (QED) is 0.543. The predicted octanol–water partition coefficient (Wildman–Crippen LogP) is 5.06. The monoisotopic (exact) mass is 302 g/mol. The van der Waals surface area contributed by atoms with Crippen molar-refractivity contribution in [2.75, 3.05) is 20.1 Å². The molecule has 0 bridgehead atoms. The van der Waals surface area contributed by atoms with Gasteiger partial charge in [0.05, 0.1) is 0 Å². The lowest BCUT2D eigenvalue weighted by atomic mass is 10.1. The maximum Gasteiger partial charge on any atom is 0.0340 e. The largest absolute Gasteiger partial charge is 0.385 e. The van der Waals surface area contributed by atoms with E-state index in [0.29, 0.717) is 0 Å². The molecular formula is C20H34N2. The molecule has 0 aromatic heterocycles. The molecule has 0 aliphatic carbocycles. The number of nitrogens with one attached hydrogen (secondary N) is 1. The highest BCUT2D eigenvalue weighted by Gasteiger charge is 2.01. The van der Waals surface area contributed by atoms with Crippen molar-refractivity contribution in [3.63, 3.8) is 0 Å². The van der Waals surface area contributed by atoms with Gasteiger partial charge in [0, 0.05) is 18.8 Å². The molecule has 0 saturated heterocycles. The van der Waals surface area contributed by atoms with E-state index in [-0.39, 0.29) is 0 Å². The summed E-state index contributed by atoms with van der Waals surface area (Å²) in [5.41, 5.74) is 3.61. The van der Waals surface area contributed by atoms with E-state index >= 15 is 0 Å². The van der Waals surface area contributed by atoms with Crippen LogP contribution in [0.5, 0.6) is 0 Å². The van der Waals surface area contributed by atoms with Crippen molar-refractivity contribution in [3.8, 4) is 0 Å².